The van der Waals surface area contributed by atoms with Gasteiger partial charge in [-0.05, 0) is 37.1 Å². The second-order valence-corrected chi connectivity index (χ2v) is 4.85. The van der Waals surface area contributed by atoms with Crippen molar-refractivity contribution in [1.82, 2.24) is 0 Å². The van der Waals surface area contributed by atoms with E-state index in [0.29, 0.717) is 0 Å². The molecule has 0 saturated heterocycles. The summed E-state index contributed by atoms with van der Waals surface area (Å²) >= 11 is 0. The third-order valence-electron chi connectivity index (χ3n) is 3.37. The van der Waals surface area contributed by atoms with Gasteiger partial charge in [0, 0.05) is 12.6 Å². The molecule has 106 valence electrons. The Kier molecular flexibility index (Phi) is 4.51. The summed E-state index contributed by atoms with van der Waals surface area (Å²) in [5.74, 6) is 1.63. The number of nitrogens with one attached hydrogen (secondary N) is 1. The van der Waals surface area contributed by atoms with Crippen molar-refractivity contribution in [2.24, 2.45) is 0 Å². The summed E-state index contributed by atoms with van der Waals surface area (Å²) in [4.78, 5) is 0. The first-order chi connectivity index (χ1) is 9.63. The Hall–Kier alpha value is -2.16. The first-order valence-electron chi connectivity index (χ1n) is 6.66. The molecule has 2 rings (SSSR count). The van der Waals surface area contributed by atoms with Crippen LogP contribution in [0.1, 0.15) is 16.7 Å². The number of methoxy groups -OCH3 is 2. The molecule has 2 aromatic rings. The van der Waals surface area contributed by atoms with E-state index in [0.717, 1.165) is 23.7 Å². The van der Waals surface area contributed by atoms with E-state index < -0.39 is 0 Å². The molecule has 0 aromatic heterocycles. The van der Waals surface area contributed by atoms with Gasteiger partial charge in [0.05, 0.1) is 19.9 Å². The molecule has 0 atom stereocenters. The molecular weight excluding hydrogens is 250 g/mol. The maximum absolute atomic E-state index is 5.36. The van der Waals surface area contributed by atoms with E-state index in [4.69, 9.17) is 9.47 Å². The Morgan fingerprint density at radius 3 is 2.40 bits per heavy atom. The highest BCUT2D eigenvalue weighted by Gasteiger charge is 2.05. The van der Waals surface area contributed by atoms with Crippen LogP contribution >= 0.6 is 0 Å². The van der Waals surface area contributed by atoms with Gasteiger partial charge in [0.15, 0.2) is 0 Å². The molecule has 0 unspecified atom stereocenters. The fourth-order valence-corrected chi connectivity index (χ4v) is 2.19. The number of hydrogen-bond donors (Lipinski definition) is 1. The largest absolute Gasteiger partial charge is 0.497 e. The zero-order chi connectivity index (χ0) is 14.5. The van der Waals surface area contributed by atoms with E-state index in [1.54, 1.807) is 14.2 Å². The van der Waals surface area contributed by atoms with E-state index in [9.17, 15) is 0 Å². The maximum atomic E-state index is 5.36. The Morgan fingerprint density at radius 2 is 1.75 bits per heavy atom. The molecule has 0 aliphatic heterocycles. The summed E-state index contributed by atoms with van der Waals surface area (Å²) in [5, 5.41) is 3.41. The van der Waals surface area contributed by atoms with Crippen LogP contribution in [0, 0.1) is 13.8 Å². The molecule has 0 amide bonds. The molecule has 0 spiro atoms. The molecule has 2 aromatic carbocycles. The van der Waals surface area contributed by atoms with Gasteiger partial charge >= 0.3 is 0 Å². The average Bonchev–Trinajstić information content (AvgIpc) is 2.46. The lowest BCUT2D eigenvalue weighted by Gasteiger charge is -2.14. The molecular formula is C17H21NO2. The van der Waals surface area contributed by atoms with Gasteiger partial charge in [-0.3, -0.25) is 0 Å². The summed E-state index contributed by atoms with van der Waals surface area (Å²) in [6.07, 6.45) is 0. The third-order valence-corrected chi connectivity index (χ3v) is 3.37. The van der Waals surface area contributed by atoms with Crippen molar-refractivity contribution >= 4 is 5.69 Å². The smallest absolute Gasteiger partial charge is 0.142 e. The molecule has 0 aliphatic rings. The Morgan fingerprint density at radius 1 is 0.950 bits per heavy atom. The fraction of sp³-hybridized carbons (Fsp3) is 0.294. The van der Waals surface area contributed by atoms with Crippen LogP contribution in [0.15, 0.2) is 36.4 Å². The molecule has 1 N–H and O–H groups in total. The minimum atomic E-state index is 0.760. The van der Waals surface area contributed by atoms with E-state index >= 15 is 0 Å². The lowest BCUT2D eigenvalue weighted by atomic mass is 10.1. The standard InChI is InChI=1S/C17H21NO2/c1-12-5-6-14(13(2)9-12)11-18-16-10-15(19-3)7-8-17(16)20-4/h5-10,18H,11H2,1-4H3. The first kappa shape index (κ1) is 14.3. The number of hydrogen-bond acceptors (Lipinski definition) is 3. The van der Waals surface area contributed by atoms with Crippen molar-refractivity contribution < 1.29 is 9.47 Å². The maximum Gasteiger partial charge on any atom is 0.142 e. The van der Waals surface area contributed by atoms with Crippen LogP contribution in [0.4, 0.5) is 5.69 Å². The van der Waals surface area contributed by atoms with Crippen molar-refractivity contribution in [2.75, 3.05) is 19.5 Å². The normalized spacial score (nSPS) is 10.2. The lowest BCUT2D eigenvalue weighted by molar-refractivity contribution is 0.404. The highest BCUT2D eigenvalue weighted by atomic mass is 16.5. The van der Waals surface area contributed by atoms with Crippen molar-refractivity contribution in [3.63, 3.8) is 0 Å². The second kappa shape index (κ2) is 6.33. The molecule has 0 aliphatic carbocycles. The molecule has 20 heavy (non-hydrogen) atoms. The summed E-state index contributed by atoms with van der Waals surface area (Å²) < 4.78 is 10.6. The quantitative estimate of drug-likeness (QED) is 0.893. The monoisotopic (exact) mass is 271 g/mol. The summed E-state index contributed by atoms with van der Waals surface area (Å²) in [5.41, 5.74) is 4.79. The zero-order valence-corrected chi connectivity index (χ0v) is 12.5. The fourth-order valence-electron chi connectivity index (χ4n) is 2.19. The molecule has 3 nitrogen and oxygen atoms in total. The van der Waals surface area contributed by atoms with Gasteiger partial charge in [-0.1, -0.05) is 23.8 Å². The lowest BCUT2D eigenvalue weighted by Crippen LogP contribution is -2.03. The average molecular weight is 271 g/mol. The van der Waals surface area contributed by atoms with Gasteiger partial charge in [0.2, 0.25) is 0 Å². The van der Waals surface area contributed by atoms with E-state index in [-0.39, 0.29) is 0 Å². The molecule has 0 saturated carbocycles. The minimum absolute atomic E-state index is 0.760. The molecule has 0 radical (unpaired) electrons. The predicted octanol–water partition coefficient (Wildman–Crippen LogP) is 3.93. The van der Waals surface area contributed by atoms with Crippen molar-refractivity contribution in [2.45, 2.75) is 20.4 Å². The number of aryl methyl sites for hydroxylation is 2. The molecule has 0 bridgehead atoms. The van der Waals surface area contributed by atoms with Crippen molar-refractivity contribution in [3.8, 4) is 11.5 Å². The second-order valence-electron chi connectivity index (χ2n) is 4.85. The summed E-state index contributed by atoms with van der Waals surface area (Å²) in [6.45, 7) is 5.00. The number of anilines is 1. The molecule has 0 heterocycles. The van der Waals surface area contributed by atoms with Gasteiger partial charge in [-0.15, -0.1) is 0 Å². The van der Waals surface area contributed by atoms with Crippen LogP contribution < -0.4 is 14.8 Å². The van der Waals surface area contributed by atoms with Gasteiger partial charge in [-0.25, -0.2) is 0 Å². The summed E-state index contributed by atoms with van der Waals surface area (Å²) in [6, 6.07) is 12.2. The Labute approximate surface area is 120 Å². The zero-order valence-electron chi connectivity index (χ0n) is 12.5. The SMILES string of the molecule is COc1ccc(OC)c(NCc2ccc(C)cc2C)c1. The number of rotatable bonds is 5. The van der Waals surface area contributed by atoms with Gasteiger partial charge in [0.25, 0.3) is 0 Å². The number of benzene rings is 2. The predicted molar refractivity (Wildman–Crippen MR) is 82.8 cm³/mol. The van der Waals surface area contributed by atoms with Crippen LogP contribution in [0.2, 0.25) is 0 Å². The van der Waals surface area contributed by atoms with Gasteiger partial charge in [-0.2, -0.15) is 0 Å². The number of ether oxygens (including phenoxy) is 2. The van der Waals surface area contributed by atoms with Gasteiger partial charge in [0.1, 0.15) is 11.5 Å². The molecule has 0 fully saturated rings. The van der Waals surface area contributed by atoms with Gasteiger partial charge < -0.3 is 14.8 Å². The van der Waals surface area contributed by atoms with Crippen LogP contribution in [0.25, 0.3) is 0 Å². The van der Waals surface area contributed by atoms with Crippen LogP contribution in [-0.2, 0) is 6.54 Å². The van der Waals surface area contributed by atoms with Crippen LogP contribution in [-0.4, -0.2) is 14.2 Å². The van der Waals surface area contributed by atoms with Crippen LogP contribution in [0.3, 0.4) is 0 Å². The van der Waals surface area contributed by atoms with E-state index in [1.807, 2.05) is 18.2 Å². The molecule has 3 heteroatoms. The van der Waals surface area contributed by atoms with Crippen molar-refractivity contribution in [1.29, 1.82) is 0 Å². The minimum Gasteiger partial charge on any atom is -0.497 e. The highest BCUT2D eigenvalue weighted by Crippen LogP contribution is 2.29. The van der Waals surface area contributed by atoms with E-state index in [2.05, 4.69) is 37.4 Å². The highest BCUT2D eigenvalue weighted by molar-refractivity contribution is 5.60. The van der Waals surface area contributed by atoms with E-state index in [1.165, 1.54) is 16.7 Å². The topological polar surface area (TPSA) is 30.5 Å². The first-order valence-corrected chi connectivity index (χ1v) is 6.66. The van der Waals surface area contributed by atoms with Crippen LogP contribution in [0.5, 0.6) is 11.5 Å². The van der Waals surface area contributed by atoms with Crippen molar-refractivity contribution in [3.05, 3.63) is 53.1 Å². The Bertz CT molecular complexity index is 594. The summed E-state index contributed by atoms with van der Waals surface area (Å²) in [7, 11) is 3.33. The third kappa shape index (κ3) is 3.23. The Balaban J connectivity index is 2.17.